The number of aryl methyl sites for hydroxylation is 1. The third-order valence-corrected chi connectivity index (χ3v) is 3.42. The van der Waals surface area contributed by atoms with Crippen LogP contribution in [0.15, 0.2) is 49.2 Å². The van der Waals surface area contributed by atoms with E-state index in [1.807, 2.05) is 24.7 Å². The number of fused-ring (bicyclic) bond motifs is 2. The Hall–Kier alpha value is -2.82. The molecule has 20 heavy (non-hydrogen) atoms. The van der Waals surface area contributed by atoms with E-state index in [1.165, 1.54) is 11.9 Å². The van der Waals surface area contributed by atoms with E-state index in [0.29, 0.717) is 5.78 Å². The molecule has 0 aliphatic heterocycles. The number of hydrogen-bond donors (Lipinski definition) is 0. The van der Waals surface area contributed by atoms with Crippen LogP contribution in [0.3, 0.4) is 0 Å². The summed E-state index contributed by atoms with van der Waals surface area (Å²) in [5.41, 5.74) is 4.28. The summed E-state index contributed by atoms with van der Waals surface area (Å²) in [6.07, 6.45) is 7.08. The van der Waals surface area contributed by atoms with E-state index in [-0.39, 0.29) is 0 Å². The van der Waals surface area contributed by atoms with Gasteiger partial charge in [0.2, 0.25) is 0 Å². The molecule has 0 unspecified atom stereocenters. The van der Waals surface area contributed by atoms with Crippen molar-refractivity contribution in [1.82, 2.24) is 24.6 Å². The number of pyridine rings is 1. The van der Waals surface area contributed by atoms with Crippen LogP contribution in [0.1, 0.15) is 5.56 Å². The lowest BCUT2D eigenvalue weighted by Gasteiger charge is -2.08. The minimum absolute atomic E-state index is 0.600. The molecule has 3 aromatic heterocycles. The van der Waals surface area contributed by atoms with Crippen LogP contribution in [-0.4, -0.2) is 24.6 Å². The van der Waals surface area contributed by atoms with Crippen molar-refractivity contribution in [2.45, 2.75) is 6.92 Å². The van der Waals surface area contributed by atoms with Gasteiger partial charge in [0.05, 0.1) is 5.52 Å². The molecule has 0 atom stereocenters. The molecule has 0 spiro atoms. The lowest BCUT2D eigenvalue weighted by molar-refractivity contribution is 0.941. The van der Waals surface area contributed by atoms with E-state index in [0.717, 1.165) is 22.0 Å². The second-order valence-electron chi connectivity index (χ2n) is 4.68. The van der Waals surface area contributed by atoms with Crippen molar-refractivity contribution in [2.24, 2.45) is 0 Å². The fourth-order valence-corrected chi connectivity index (χ4v) is 2.42. The van der Waals surface area contributed by atoms with Gasteiger partial charge in [0.25, 0.3) is 5.78 Å². The highest BCUT2D eigenvalue weighted by Crippen LogP contribution is 2.28. The Morgan fingerprint density at radius 3 is 2.95 bits per heavy atom. The number of rotatable bonds is 1. The van der Waals surface area contributed by atoms with Crippen molar-refractivity contribution in [3.8, 4) is 11.1 Å². The maximum Gasteiger partial charge on any atom is 0.252 e. The minimum atomic E-state index is 0.600. The third-order valence-electron chi connectivity index (χ3n) is 3.42. The summed E-state index contributed by atoms with van der Waals surface area (Å²) in [5, 5.41) is 5.25. The van der Waals surface area contributed by atoms with Gasteiger partial charge in [-0.2, -0.15) is 10.1 Å². The predicted molar refractivity (Wildman–Crippen MR) is 76.3 cm³/mol. The van der Waals surface area contributed by atoms with Gasteiger partial charge in [-0.1, -0.05) is 18.2 Å². The molecule has 0 aliphatic carbocycles. The van der Waals surface area contributed by atoms with Crippen LogP contribution in [0.4, 0.5) is 0 Å². The van der Waals surface area contributed by atoms with Crippen LogP contribution < -0.4 is 0 Å². The van der Waals surface area contributed by atoms with Crippen LogP contribution >= 0.6 is 0 Å². The molecule has 0 radical (unpaired) electrons. The molecule has 4 aromatic rings. The standard InChI is InChI=1S/C15H11N5/c1-10-4-5-12(13-3-2-6-16-14(10)13)11-7-17-15-18-9-19-20(15)8-11/h2-9H,1H3. The Morgan fingerprint density at radius 2 is 2.00 bits per heavy atom. The zero-order valence-corrected chi connectivity index (χ0v) is 10.9. The Bertz CT molecular complexity index is 926. The summed E-state index contributed by atoms with van der Waals surface area (Å²) in [6.45, 7) is 2.07. The summed E-state index contributed by atoms with van der Waals surface area (Å²) >= 11 is 0. The second-order valence-corrected chi connectivity index (χ2v) is 4.68. The normalized spacial score (nSPS) is 11.2. The van der Waals surface area contributed by atoms with E-state index in [9.17, 15) is 0 Å². The molecular formula is C15H11N5. The van der Waals surface area contributed by atoms with Crippen LogP contribution in [-0.2, 0) is 0 Å². The van der Waals surface area contributed by atoms with Crippen LogP contribution in [0, 0.1) is 6.92 Å². The molecule has 0 fully saturated rings. The SMILES string of the molecule is Cc1ccc(-c2cnc3ncnn3c2)c2cccnc12. The molecule has 0 saturated heterocycles. The molecule has 0 N–H and O–H groups in total. The molecule has 0 saturated carbocycles. The summed E-state index contributed by atoms with van der Waals surface area (Å²) in [5.74, 6) is 0.600. The van der Waals surface area contributed by atoms with Crippen LogP contribution in [0.2, 0.25) is 0 Å². The largest absolute Gasteiger partial charge is 0.256 e. The zero-order chi connectivity index (χ0) is 13.5. The van der Waals surface area contributed by atoms with Gasteiger partial charge in [0.1, 0.15) is 6.33 Å². The summed E-state index contributed by atoms with van der Waals surface area (Å²) < 4.78 is 1.68. The molecular weight excluding hydrogens is 250 g/mol. The summed E-state index contributed by atoms with van der Waals surface area (Å²) in [6, 6.07) is 8.21. The Labute approximate surface area is 115 Å². The van der Waals surface area contributed by atoms with Gasteiger partial charge in [0.15, 0.2) is 0 Å². The lowest BCUT2D eigenvalue weighted by Crippen LogP contribution is -1.93. The number of aromatic nitrogens is 5. The van der Waals surface area contributed by atoms with Gasteiger partial charge in [-0.15, -0.1) is 0 Å². The highest BCUT2D eigenvalue weighted by Gasteiger charge is 2.08. The van der Waals surface area contributed by atoms with E-state index >= 15 is 0 Å². The molecule has 3 heterocycles. The van der Waals surface area contributed by atoms with Crippen molar-refractivity contribution < 1.29 is 0 Å². The van der Waals surface area contributed by atoms with Gasteiger partial charge >= 0.3 is 0 Å². The first-order chi connectivity index (χ1) is 9.83. The maximum atomic E-state index is 4.46. The predicted octanol–water partition coefficient (Wildman–Crippen LogP) is 2.65. The smallest absolute Gasteiger partial charge is 0.252 e. The first-order valence-corrected chi connectivity index (χ1v) is 6.33. The first kappa shape index (κ1) is 11.0. The van der Waals surface area contributed by atoms with Gasteiger partial charge < -0.3 is 0 Å². The quantitative estimate of drug-likeness (QED) is 0.528. The first-order valence-electron chi connectivity index (χ1n) is 6.33. The van der Waals surface area contributed by atoms with Crippen LogP contribution in [0.5, 0.6) is 0 Å². The van der Waals surface area contributed by atoms with Gasteiger partial charge in [-0.25, -0.2) is 9.50 Å². The average molecular weight is 261 g/mol. The fraction of sp³-hybridized carbons (Fsp3) is 0.0667. The molecule has 0 aliphatic rings. The highest BCUT2D eigenvalue weighted by molar-refractivity contribution is 5.95. The summed E-state index contributed by atoms with van der Waals surface area (Å²) in [7, 11) is 0. The Kier molecular flexibility index (Phi) is 2.26. The number of hydrogen-bond acceptors (Lipinski definition) is 4. The van der Waals surface area contributed by atoms with Gasteiger partial charge in [-0.05, 0) is 24.1 Å². The minimum Gasteiger partial charge on any atom is -0.256 e. The van der Waals surface area contributed by atoms with E-state index in [2.05, 4.69) is 45.2 Å². The second kappa shape index (κ2) is 4.09. The molecule has 96 valence electrons. The molecule has 5 heteroatoms. The average Bonchev–Trinajstić information content (AvgIpc) is 2.95. The highest BCUT2D eigenvalue weighted by atomic mass is 15.3. The molecule has 0 amide bonds. The molecule has 5 nitrogen and oxygen atoms in total. The lowest BCUT2D eigenvalue weighted by atomic mass is 10.0. The van der Waals surface area contributed by atoms with E-state index in [1.54, 1.807) is 4.52 Å². The Balaban J connectivity index is 2.04. The molecule has 0 bridgehead atoms. The summed E-state index contributed by atoms with van der Waals surface area (Å²) in [4.78, 5) is 12.8. The Morgan fingerprint density at radius 1 is 1.05 bits per heavy atom. The maximum absolute atomic E-state index is 4.46. The van der Waals surface area contributed by atoms with Crippen molar-refractivity contribution in [2.75, 3.05) is 0 Å². The van der Waals surface area contributed by atoms with Crippen LogP contribution in [0.25, 0.3) is 27.8 Å². The van der Waals surface area contributed by atoms with Gasteiger partial charge in [0, 0.05) is 29.5 Å². The van der Waals surface area contributed by atoms with Crippen molar-refractivity contribution in [1.29, 1.82) is 0 Å². The topological polar surface area (TPSA) is 56.0 Å². The van der Waals surface area contributed by atoms with E-state index < -0.39 is 0 Å². The number of nitrogens with zero attached hydrogens (tertiary/aromatic N) is 5. The fourth-order valence-electron chi connectivity index (χ4n) is 2.42. The van der Waals surface area contributed by atoms with Crippen molar-refractivity contribution in [3.63, 3.8) is 0 Å². The van der Waals surface area contributed by atoms with Crippen molar-refractivity contribution >= 4 is 16.7 Å². The van der Waals surface area contributed by atoms with Crippen molar-refractivity contribution in [3.05, 3.63) is 54.7 Å². The third kappa shape index (κ3) is 1.56. The molecule has 1 aromatic carbocycles. The number of benzene rings is 1. The molecule has 4 rings (SSSR count). The zero-order valence-electron chi connectivity index (χ0n) is 10.9. The monoisotopic (exact) mass is 261 g/mol. The van der Waals surface area contributed by atoms with E-state index in [4.69, 9.17) is 0 Å². The van der Waals surface area contributed by atoms with Gasteiger partial charge in [-0.3, -0.25) is 4.98 Å².